The van der Waals surface area contributed by atoms with E-state index >= 15 is 0 Å². The van der Waals surface area contributed by atoms with E-state index < -0.39 is 48.4 Å². The normalized spacial score (nSPS) is 22.2. The first-order chi connectivity index (χ1) is 8.38. The molecular formula is C11H16F6O2. The lowest BCUT2D eigenvalue weighted by atomic mass is 9.69. The van der Waals surface area contributed by atoms with Crippen LogP contribution in [0.15, 0.2) is 0 Å². The molecule has 0 amide bonds. The maximum Gasteiger partial charge on any atom is 0.425 e. The van der Waals surface area contributed by atoms with Crippen molar-refractivity contribution in [2.45, 2.75) is 63.2 Å². The van der Waals surface area contributed by atoms with Crippen molar-refractivity contribution in [3.05, 3.63) is 0 Å². The second-order valence-electron chi connectivity index (χ2n) is 4.27. The van der Waals surface area contributed by atoms with Crippen molar-refractivity contribution in [3.8, 4) is 0 Å². The van der Waals surface area contributed by atoms with Gasteiger partial charge in [-0.25, -0.2) is 18.0 Å². The van der Waals surface area contributed by atoms with Crippen LogP contribution in [0.3, 0.4) is 0 Å². The Bertz CT molecular complexity index is 345. The summed E-state index contributed by atoms with van der Waals surface area (Å²) < 4.78 is 81.0. The average Bonchev–Trinajstić information content (AvgIpc) is 2.33. The Morgan fingerprint density at radius 2 is 1.21 bits per heavy atom. The van der Waals surface area contributed by atoms with Crippen LogP contribution in [0.1, 0.15) is 40.0 Å². The highest BCUT2D eigenvalue weighted by Crippen LogP contribution is 2.54. The fraction of sp³-hybridized carbons (Fsp3) is 0.909. The molecule has 3 unspecified atom stereocenters. The summed E-state index contributed by atoms with van der Waals surface area (Å²) in [6.45, 7) is 2.32. The number of aliphatic carboxylic acids is 1. The number of hydrogen-bond acceptors (Lipinski definition) is 1. The van der Waals surface area contributed by atoms with Crippen LogP contribution in [0.5, 0.6) is 0 Å². The van der Waals surface area contributed by atoms with Crippen molar-refractivity contribution >= 4 is 5.97 Å². The van der Waals surface area contributed by atoms with Crippen LogP contribution >= 0.6 is 0 Å². The Kier molecular flexibility index (Phi) is 4.94. The number of carboxylic acids is 1. The van der Waals surface area contributed by atoms with Gasteiger partial charge in [0, 0.05) is 0 Å². The third-order valence-electron chi connectivity index (χ3n) is 3.51. The van der Waals surface area contributed by atoms with E-state index in [0.29, 0.717) is 6.92 Å². The number of halogens is 6. The standard InChI is InChI=1S/C11H16F6O2/c1-4-8(12,7(18)19)9(13,5-2)10(14,6-3)11(15,16)17/h4-6H2,1-3H3,(H,18,19). The Balaban J connectivity index is 6.18. The predicted molar refractivity (Wildman–Crippen MR) is 56.1 cm³/mol. The Morgan fingerprint density at radius 1 is 0.842 bits per heavy atom. The van der Waals surface area contributed by atoms with E-state index in [9.17, 15) is 31.1 Å². The van der Waals surface area contributed by atoms with Crippen molar-refractivity contribution in [2.24, 2.45) is 0 Å². The molecule has 0 spiro atoms. The van der Waals surface area contributed by atoms with Gasteiger partial charge in [-0.3, -0.25) is 0 Å². The Hall–Kier alpha value is -0.950. The number of carbonyl (C=O) groups is 1. The summed E-state index contributed by atoms with van der Waals surface area (Å²) in [4.78, 5) is 10.8. The smallest absolute Gasteiger partial charge is 0.425 e. The minimum atomic E-state index is -5.71. The summed E-state index contributed by atoms with van der Waals surface area (Å²) in [6, 6.07) is 0. The van der Waals surface area contributed by atoms with Gasteiger partial charge in [0.25, 0.3) is 0 Å². The van der Waals surface area contributed by atoms with E-state index in [1.807, 2.05) is 0 Å². The number of carboxylic acid groups (broad SMARTS) is 1. The zero-order valence-corrected chi connectivity index (χ0v) is 10.7. The monoisotopic (exact) mass is 294 g/mol. The maximum atomic E-state index is 14.5. The molecule has 1 N–H and O–H groups in total. The summed E-state index contributed by atoms with van der Waals surface area (Å²) in [5, 5.41) is 8.67. The van der Waals surface area contributed by atoms with Crippen LogP contribution in [-0.2, 0) is 4.79 Å². The largest absolute Gasteiger partial charge is 0.479 e. The van der Waals surface area contributed by atoms with Crippen LogP contribution in [-0.4, -0.2) is 34.3 Å². The molecule has 114 valence electrons. The third-order valence-corrected chi connectivity index (χ3v) is 3.51. The summed E-state index contributed by atoms with van der Waals surface area (Å²) in [7, 11) is 0. The molecule has 0 aromatic carbocycles. The molecular weight excluding hydrogens is 278 g/mol. The van der Waals surface area contributed by atoms with E-state index in [4.69, 9.17) is 5.11 Å². The second kappa shape index (κ2) is 5.20. The highest BCUT2D eigenvalue weighted by atomic mass is 19.4. The summed E-state index contributed by atoms with van der Waals surface area (Å²) >= 11 is 0. The molecule has 0 aliphatic heterocycles. The van der Waals surface area contributed by atoms with E-state index in [1.54, 1.807) is 0 Å². The van der Waals surface area contributed by atoms with Crippen LogP contribution in [0.2, 0.25) is 0 Å². The molecule has 19 heavy (non-hydrogen) atoms. The van der Waals surface area contributed by atoms with Crippen LogP contribution in [0.25, 0.3) is 0 Å². The van der Waals surface area contributed by atoms with Gasteiger partial charge in [0.2, 0.25) is 11.3 Å². The van der Waals surface area contributed by atoms with Gasteiger partial charge in [0.15, 0.2) is 5.67 Å². The topological polar surface area (TPSA) is 37.3 Å². The van der Waals surface area contributed by atoms with E-state index in [0.717, 1.165) is 13.8 Å². The van der Waals surface area contributed by atoms with E-state index in [1.165, 1.54) is 0 Å². The third kappa shape index (κ3) is 2.29. The number of hydrogen-bond donors (Lipinski definition) is 1. The van der Waals surface area contributed by atoms with Crippen LogP contribution < -0.4 is 0 Å². The van der Waals surface area contributed by atoms with Gasteiger partial charge in [-0.15, -0.1) is 0 Å². The molecule has 0 aromatic heterocycles. The second-order valence-corrected chi connectivity index (χ2v) is 4.27. The first-order valence-electron chi connectivity index (χ1n) is 5.74. The summed E-state index contributed by atoms with van der Waals surface area (Å²) in [5.41, 5.74) is -12.7. The van der Waals surface area contributed by atoms with Gasteiger partial charge in [-0.2, -0.15) is 13.2 Å². The molecule has 0 saturated carbocycles. The van der Waals surface area contributed by atoms with Crippen molar-refractivity contribution < 1.29 is 36.2 Å². The molecule has 0 aromatic rings. The summed E-state index contributed by atoms with van der Waals surface area (Å²) in [6.07, 6.45) is -9.50. The first kappa shape index (κ1) is 18.0. The zero-order valence-electron chi connectivity index (χ0n) is 10.7. The van der Waals surface area contributed by atoms with E-state index in [-0.39, 0.29) is 0 Å². The highest BCUT2D eigenvalue weighted by molar-refractivity contribution is 5.79. The van der Waals surface area contributed by atoms with Crippen molar-refractivity contribution in [2.75, 3.05) is 0 Å². The van der Waals surface area contributed by atoms with Gasteiger partial charge < -0.3 is 5.11 Å². The molecule has 0 saturated heterocycles. The Labute approximate surface area is 106 Å². The predicted octanol–water partition coefficient (Wildman–Crippen LogP) is 3.99. The molecule has 3 atom stereocenters. The molecule has 0 fully saturated rings. The van der Waals surface area contributed by atoms with Crippen molar-refractivity contribution in [1.82, 2.24) is 0 Å². The number of alkyl halides is 6. The lowest BCUT2D eigenvalue weighted by Gasteiger charge is -2.45. The molecule has 0 heterocycles. The fourth-order valence-electron chi connectivity index (χ4n) is 2.18. The molecule has 8 heteroatoms. The van der Waals surface area contributed by atoms with Crippen molar-refractivity contribution in [3.63, 3.8) is 0 Å². The quantitative estimate of drug-likeness (QED) is 0.752. The molecule has 0 rings (SSSR count). The number of rotatable bonds is 6. The van der Waals surface area contributed by atoms with Gasteiger partial charge in [-0.05, 0) is 19.3 Å². The van der Waals surface area contributed by atoms with Crippen molar-refractivity contribution in [1.29, 1.82) is 0 Å². The molecule has 0 bridgehead atoms. The minimum Gasteiger partial charge on any atom is -0.479 e. The minimum absolute atomic E-state index is 0.690. The molecule has 0 aliphatic rings. The van der Waals surface area contributed by atoms with Crippen LogP contribution in [0, 0.1) is 0 Å². The summed E-state index contributed by atoms with van der Waals surface area (Å²) in [5.74, 6) is -2.45. The average molecular weight is 294 g/mol. The first-order valence-corrected chi connectivity index (χ1v) is 5.74. The van der Waals surface area contributed by atoms with Gasteiger partial charge in [-0.1, -0.05) is 20.8 Å². The van der Waals surface area contributed by atoms with Gasteiger partial charge in [0.05, 0.1) is 0 Å². The Morgan fingerprint density at radius 3 is 1.37 bits per heavy atom. The van der Waals surface area contributed by atoms with Gasteiger partial charge >= 0.3 is 12.1 Å². The highest BCUT2D eigenvalue weighted by Gasteiger charge is 2.76. The lowest BCUT2D eigenvalue weighted by Crippen LogP contribution is -2.68. The van der Waals surface area contributed by atoms with Gasteiger partial charge in [0.1, 0.15) is 0 Å². The fourth-order valence-corrected chi connectivity index (χ4v) is 2.18. The molecule has 0 radical (unpaired) electrons. The van der Waals surface area contributed by atoms with E-state index in [2.05, 4.69) is 0 Å². The van der Waals surface area contributed by atoms with Crippen LogP contribution in [0.4, 0.5) is 26.3 Å². The zero-order chi connectivity index (χ0) is 15.7. The maximum absolute atomic E-state index is 14.5. The molecule has 0 aliphatic carbocycles. The lowest BCUT2D eigenvalue weighted by molar-refractivity contribution is -0.297. The molecule has 2 nitrogen and oxygen atoms in total. The SMILES string of the molecule is CCC(F)(C(=O)O)C(F)(CC)C(F)(CC)C(F)(F)F.